The average Bonchev–Trinajstić information content (AvgIpc) is 2.91. The smallest absolute Gasteiger partial charge is 0.326 e. The van der Waals surface area contributed by atoms with Crippen LogP contribution in [0, 0.1) is 0 Å². The van der Waals surface area contributed by atoms with E-state index in [1.165, 1.54) is 4.21 Å². The van der Waals surface area contributed by atoms with Gasteiger partial charge in [-0.1, -0.05) is 12.5 Å². The van der Waals surface area contributed by atoms with Gasteiger partial charge in [0.15, 0.2) is 0 Å². The molecule has 0 aromatic carbocycles. The van der Waals surface area contributed by atoms with E-state index in [2.05, 4.69) is 36.7 Å². The van der Waals surface area contributed by atoms with Crippen LogP contribution in [0.3, 0.4) is 0 Å². The van der Waals surface area contributed by atoms with Gasteiger partial charge in [0.05, 0.1) is 10.8 Å². The van der Waals surface area contributed by atoms with Gasteiger partial charge in [0.25, 0.3) is 0 Å². The van der Waals surface area contributed by atoms with Crippen molar-refractivity contribution in [3.05, 3.63) is 17.5 Å². The van der Waals surface area contributed by atoms with Crippen LogP contribution in [0.25, 0.3) is 0 Å². The minimum Gasteiger partial charge on any atom is -0.465 e. The monoisotopic (exact) mass is 329 g/mol. The summed E-state index contributed by atoms with van der Waals surface area (Å²) in [6.45, 7) is 8.36. The standard InChI is InChI=1S/C16H27NO2S2/c1-5-19-15(18)16(4,17-13(2)3)10-6-7-11-20-14-9-8-12-21-14/h8-9,12-13,17H,5-7,10-11H2,1-4H3. The first-order chi connectivity index (χ1) is 9.98. The van der Waals surface area contributed by atoms with Crippen LogP contribution < -0.4 is 5.32 Å². The normalized spacial score (nSPS) is 14.1. The van der Waals surface area contributed by atoms with Crippen LogP contribution in [0.1, 0.15) is 47.0 Å². The fraction of sp³-hybridized carbons (Fsp3) is 0.688. The third kappa shape index (κ3) is 6.85. The second-order valence-electron chi connectivity index (χ2n) is 5.59. The fourth-order valence-electron chi connectivity index (χ4n) is 2.26. The van der Waals surface area contributed by atoms with Crippen LogP contribution in [0.15, 0.2) is 21.7 Å². The van der Waals surface area contributed by atoms with Gasteiger partial charge in [-0.3, -0.25) is 10.1 Å². The lowest BCUT2D eigenvalue weighted by atomic mass is 9.94. The molecule has 1 heterocycles. The van der Waals surface area contributed by atoms with E-state index in [-0.39, 0.29) is 12.0 Å². The lowest BCUT2D eigenvalue weighted by molar-refractivity contribution is -0.151. The van der Waals surface area contributed by atoms with E-state index in [9.17, 15) is 4.79 Å². The zero-order chi connectivity index (χ0) is 15.7. The quantitative estimate of drug-likeness (QED) is 0.394. The summed E-state index contributed by atoms with van der Waals surface area (Å²) < 4.78 is 6.58. The number of hydrogen-bond acceptors (Lipinski definition) is 5. The van der Waals surface area contributed by atoms with E-state index in [4.69, 9.17) is 4.74 Å². The Morgan fingerprint density at radius 2 is 2.24 bits per heavy atom. The van der Waals surface area contributed by atoms with Crippen LogP contribution in [0.5, 0.6) is 0 Å². The Kier molecular flexibility index (Phi) is 8.37. The Morgan fingerprint density at radius 3 is 2.81 bits per heavy atom. The summed E-state index contributed by atoms with van der Waals surface area (Å²) in [6.07, 6.45) is 2.94. The van der Waals surface area contributed by atoms with Crippen molar-refractivity contribution in [3.8, 4) is 0 Å². The first-order valence-corrected chi connectivity index (χ1v) is 9.45. The second kappa shape index (κ2) is 9.49. The molecule has 0 spiro atoms. The van der Waals surface area contributed by atoms with Crippen molar-refractivity contribution >= 4 is 29.1 Å². The summed E-state index contributed by atoms with van der Waals surface area (Å²) in [5, 5.41) is 5.47. The number of unbranched alkanes of at least 4 members (excludes halogenated alkanes) is 1. The van der Waals surface area contributed by atoms with Crippen LogP contribution in [-0.2, 0) is 9.53 Å². The fourth-order valence-corrected chi connectivity index (χ4v) is 4.12. The maximum absolute atomic E-state index is 12.2. The largest absolute Gasteiger partial charge is 0.465 e. The predicted octanol–water partition coefficient (Wildman–Crippen LogP) is 4.33. The molecule has 3 nitrogen and oxygen atoms in total. The maximum Gasteiger partial charge on any atom is 0.326 e. The van der Waals surface area contributed by atoms with Gasteiger partial charge in [0.1, 0.15) is 5.54 Å². The van der Waals surface area contributed by atoms with Crippen molar-refractivity contribution in [1.82, 2.24) is 5.32 Å². The number of thioether (sulfide) groups is 1. The molecule has 0 aliphatic rings. The van der Waals surface area contributed by atoms with Crippen LogP contribution in [0.2, 0.25) is 0 Å². The third-order valence-corrected chi connectivity index (χ3v) is 5.36. The van der Waals surface area contributed by atoms with Gasteiger partial charge in [-0.25, -0.2) is 0 Å². The molecule has 1 aromatic rings. The molecule has 5 heteroatoms. The highest BCUT2D eigenvalue weighted by atomic mass is 32.2. The zero-order valence-corrected chi connectivity index (χ0v) is 15.1. The van der Waals surface area contributed by atoms with Crippen molar-refractivity contribution in [2.45, 2.75) is 62.7 Å². The molecule has 1 N–H and O–H groups in total. The summed E-state index contributed by atoms with van der Waals surface area (Å²) >= 11 is 3.68. The molecular formula is C16H27NO2S2. The van der Waals surface area contributed by atoms with Gasteiger partial charge >= 0.3 is 5.97 Å². The van der Waals surface area contributed by atoms with Crippen molar-refractivity contribution in [2.24, 2.45) is 0 Å². The van der Waals surface area contributed by atoms with E-state index < -0.39 is 5.54 Å². The lowest BCUT2D eigenvalue weighted by Crippen LogP contribution is -2.53. The van der Waals surface area contributed by atoms with E-state index in [1.807, 2.05) is 25.6 Å². The van der Waals surface area contributed by atoms with E-state index >= 15 is 0 Å². The predicted molar refractivity (Wildman–Crippen MR) is 92.2 cm³/mol. The highest BCUT2D eigenvalue weighted by Crippen LogP contribution is 2.25. The first-order valence-electron chi connectivity index (χ1n) is 7.59. The van der Waals surface area contributed by atoms with E-state index in [0.717, 1.165) is 25.0 Å². The molecule has 0 saturated heterocycles. The number of nitrogens with one attached hydrogen (secondary N) is 1. The number of thiophene rings is 1. The number of ether oxygens (including phenoxy) is 1. The van der Waals surface area contributed by atoms with Gasteiger partial charge in [-0.05, 0) is 57.7 Å². The van der Waals surface area contributed by atoms with Gasteiger partial charge in [-0.2, -0.15) is 0 Å². The molecule has 0 aliphatic heterocycles. The minimum absolute atomic E-state index is 0.135. The molecule has 0 bridgehead atoms. The minimum atomic E-state index is -0.572. The molecule has 21 heavy (non-hydrogen) atoms. The number of carbonyl (C=O) groups excluding carboxylic acids is 1. The maximum atomic E-state index is 12.2. The van der Waals surface area contributed by atoms with E-state index in [1.54, 1.807) is 11.3 Å². The van der Waals surface area contributed by atoms with Gasteiger partial charge < -0.3 is 4.74 Å². The molecule has 0 saturated carbocycles. The van der Waals surface area contributed by atoms with Crippen LogP contribution >= 0.6 is 23.1 Å². The Balaban J connectivity index is 2.36. The third-order valence-electron chi connectivity index (χ3n) is 3.14. The second-order valence-corrected chi connectivity index (χ2v) is 7.93. The zero-order valence-electron chi connectivity index (χ0n) is 13.5. The molecule has 0 aliphatic carbocycles. The number of esters is 1. The Hall–Kier alpha value is -0.520. The molecule has 1 aromatic heterocycles. The van der Waals surface area contributed by atoms with Crippen molar-refractivity contribution in [3.63, 3.8) is 0 Å². The summed E-state index contributed by atoms with van der Waals surface area (Å²) in [7, 11) is 0. The average molecular weight is 330 g/mol. The molecule has 1 atom stereocenters. The number of carbonyl (C=O) groups is 1. The Labute approximate surface area is 136 Å². The molecule has 0 radical (unpaired) electrons. The molecular weight excluding hydrogens is 302 g/mol. The summed E-state index contributed by atoms with van der Waals surface area (Å²) in [5.74, 6) is 0.964. The molecule has 1 rings (SSSR count). The van der Waals surface area contributed by atoms with Gasteiger partial charge in [0, 0.05) is 6.04 Å². The summed E-state index contributed by atoms with van der Waals surface area (Å²) in [4.78, 5) is 12.2. The molecule has 0 amide bonds. The van der Waals surface area contributed by atoms with Crippen LogP contribution in [-0.4, -0.2) is 29.9 Å². The number of rotatable bonds is 10. The summed E-state index contributed by atoms with van der Waals surface area (Å²) in [5.41, 5.74) is -0.572. The van der Waals surface area contributed by atoms with Crippen molar-refractivity contribution in [2.75, 3.05) is 12.4 Å². The molecule has 0 fully saturated rings. The van der Waals surface area contributed by atoms with Crippen molar-refractivity contribution < 1.29 is 9.53 Å². The molecule has 120 valence electrons. The molecule has 1 unspecified atom stereocenters. The number of hydrogen-bond donors (Lipinski definition) is 1. The van der Waals surface area contributed by atoms with Gasteiger partial charge in [-0.15, -0.1) is 23.1 Å². The topological polar surface area (TPSA) is 38.3 Å². The highest BCUT2D eigenvalue weighted by molar-refractivity contribution is 8.01. The Morgan fingerprint density at radius 1 is 1.48 bits per heavy atom. The van der Waals surface area contributed by atoms with Gasteiger partial charge in [0.2, 0.25) is 0 Å². The van der Waals surface area contributed by atoms with Crippen molar-refractivity contribution in [1.29, 1.82) is 0 Å². The summed E-state index contributed by atoms with van der Waals surface area (Å²) in [6, 6.07) is 4.50. The van der Waals surface area contributed by atoms with Crippen LogP contribution in [0.4, 0.5) is 0 Å². The van der Waals surface area contributed by atoms with E-state index in [0.29, 0.717) is 6.61 Å². The highest BCUT2D eigenvalue weighted by Gasteiger charge is 2.34. The Bertz CT molecular complexity index is 406. The lowest BCUT2D eigenvalue weighted by Gasteiger charge is -2.30. The SMILES string of the molecule is CCOC(=O)C(C)(CCCCSc1cccs1)NC(C)C. The first kappa shape index (κ1) is 18.5.